The Labute approximate surface area is 142 Å². The van der Waals surface area contributed by atoms with Gasteiger partial charge < -0.3 is 10.3 Å². The predicted octanol–water partition coefficient (Wildman–Crippen LogP) is 4.20. The zero-order valence-corrected chi connectivity index (χ0v) is 13.4. The fraction of sp³-hybridized carbons (Fsp3) is 0.222. The van der Waals surface area contributed by atoms with Crippen LogP contribution >= 0.6 is 0 Å². The van der Waals surface area contributed by atoms with Gasteiger partial charge in [0.25, 0.3) is 0 Å². The Hall–Kier alpha value is -2.83. The Morgan fingerprint density at radius 2 is 1.88 bits per heavy atom. The van der Waals surface area contributed by atoms with E-state index in [1.54, 1.807) is 19.1 Å². The van der Waals surface area contributed by atoms with E-state index in [0.29, 0.717) is 12.0 Å². The van der Waals surface area contributed by atoms with Gasteiger partial charge in [-0.1, -0.05) is 43.3 Å². The van der Waals surface area contributed by atoms with Gasteiger partial charge in [-0.2, -0.15) is 13.2 Å². The second kappa shape index (κ2) is 6.58. The Kier molecular flexibility index (Phi) is 4.48. The number of benzene rings is 2. The van der Waals surface area contributed by atoms with E-state index in [9.17, 15) is 18.0 Å². The van der Waals surface area contributed by atoms with E-state index in [2.05, 4.69) is 15.3 Å². The lowest BCUT2D eigenvalue weighted by Crippen LogP contribution is -2.28. The second-order valence-corrected chi connectivity index (χ2v) is 5.62. The lowest BCUT2D eigenvalue weighted by Gasteiger charge is -2.19. The number of carbonyl (C=O) groups is 1. The van der Waals surface area contributed by atoms with Crippen LogP contribution in [0, 0.1) is 0 Å². The summed E-state index contributed by atoms with van der Waals surface area (Å²) >= 11 is 0. The molecule has 1 aromatic heterocycles. The number of H-pyrrole nitrogens is 1. The van der Waals surface area contributed by atoms with Crippen molar-refractivity contribution in [1.29, 1.82) is 0 Å². The summed E-state index contributed by atoms with van der Waals surface area (Å²) in [5.41, 5.74) is 2.03. The van der Waals surface area contributed by atoms with Crippen molar-refractivity contribution in [2.45, 2.75) is 25.6 Å². The first-order valence-corrected chi connectivity index (χ1v) is 7.79. The SMILES string of the molecule is CCC(=O)N[C@@H](c1ccccc1)c1ccc2nc(C(F)(F)F)[nH]c2c1. The molecule has 25 heavy (non-hydrogen) atoms. The summed E-state index contributed by atoms with van der Waals surface area (Å²) in [6.45, 7) is 1.74. The standard InChI is InChI=1S/C18H16F3N3O/c1-2-15(25)24-16(11-6-4-3-5-7-11)12-8-9-13-14(10-12)23-17(22-13)18(19,20)21/h3-10,16H,2H2,1H3,(H,22,23)(H,24,25)/t16-/m0/s1. The molecule has 3 aromatic rings. The molecule has 0 unspecified atom stereocenters. The molecule has 0 aliphatic heterocycles. The third-order valence-electron chi connectivity index (χ3n) is 3.87. The minimum absolute atomic E-state index is 0.144. The summed E-state index contributed by atoms with van der Waals surface area (Å²) in [4.78, 5) is 17.8. The third-order valence-corrected chi connectivity index (χ3v) is 3.87. The van der Waals surface area contributed by atoms with Crippen LogP contribution in [0.4, 0.5) is 13.2 Å². The quantitative estimate of drug-likeness (QED) is 0.743. The summed E-state index contributed by atoms with van der Waals surface area (Å²) < 4.78 is 38.5. The van der Waals surface area contributed by atoms with Crippen LogP contribution in [0.25, 0.3) is 11.0 Å². The smallest absolute Gasteiger partial charge is 0.345 e. The van der Waals surface area contributed by atoms with E-state index in [0.717, 1.165) is 5.56 Å². The van der Waals surface area contributed by atoms with Gasteiger partial charge in [0.1, 0.15) is 0 Å². The number of alkyl halides is 3. The number of aromatic nitrogens is 2. The molecule has 130 valence electrons. The van der Waals surface area contributed by atoms with Gasteiger partial charge in [0.05, 0.1) is 17.1 Å². The zero-order valence-electron chi connectivity index (χ0n) is 13.4. The summed E-state index contributed by atoms with van der Waals surface area (Å²) in [6.07, 6.45) is -4.22. The maximum atomic E-state index is 12.8. The molecule has 1 atom stereocenters. The van der Waals surface area contributed by atoms with E-state index >= 15 is 0 Å². The number of hydrogen-bond acceptors (Lipinski definition) is 2. The summed E-state index contributed by atoms with van der Waals surface area (Å²) in [7, 11) is 0. The Balaban J connectivity index is 2.04. The van der Waals surface area contributed by atoms with E-state index in [1.807, 2.05) is 30.3 Å². The monoisotopic (exact) mass is 347 g/mol. The van der Waals surface area contributed by atoms with Crippen molar-refractivity contribution >= 4 is 16.9 Å². The molecule has 0 aliphatic carbocycles. The molecule has 0 bridgehead atoms. The summed E-state index contributed by atoms with van der Waals surface area (Å²) in [5, 5.41) is 2.91. The van der Waals surface area contributed by atoms with Crippen LogP contribution in [0.3, 0.4) is 0 Å². The Morgan fingerprint density at radius 3 is 2.52 bits per heavy atom. The number of nitrogens with zero attached hydrogens (tertiary/aromatic N) is 1. The molecule has 2 N–H and O–H groups in total. The van der Waals surface area contributed by atoms with Gasteiger partial charge in [0.2, 0.25) is 11.7 Å². The van der Waals surface area contributed by atoms with Crippen molar-refractivity contribution < 1.29 is 18.0 Å². The molecule has 2 aromatic carbocycles. The predicted molar refractivity (Wildman–Crippen MR) is 87.8 cm³/mol. The van der Waals surface area contributed by atoms with E-state index < -0.39 is 18.0 Å². The van der Waals surface area contributed by atoms with Crippen molar-refractivity contribution in [3.05, 3.63) is 65.5 Å². The first-order valence-electron chi connectivity index (χ1n) is 7.79. The van der Waals surface area contributed by atoms with Crippen LogP contribution in [-0.2, 0) is 11.0 Å². The van der Waals surface area contributed by atoms with Gasteiger partial charge in [-0.15, -0.1) is 0 Å². The number of hydrogen-bond donors (Lipinski definition) is 2. The molecular weight excluding hydrogens is 331 g/mol. The van der Waals surface area contributed by atoms with E-state index in [-0.39, 0.29) is 16.9 Å². The lowest BCUT2D eigenvalue weighted by atomic mass is 9.98. The van der Waals surface area contributed by atoms with Crippen LogP contribution in [0.2, 0.25) is 0 Å². The number of aromatic amines is 1. The van der Waals surface area contributed by atoms with Crippen LogP contribution < -0.4 is 5.32 Å². The number of amides is 1. The van der Waals surface area contributed by atoms with Crippen molar-refractivity contribution in [1.82, 2.24) is 15.3 Å². The molecule has 0 spiro atoms. The fourth-order valence-corrected chi connectivity index (χ4v) is 2.61. The van der Waals surface area contributed by atoms with Crippen LogP contribution in [0.5, 0.6) is 0 Å². The van der Waals surface area contributed by atoms with Crippen LogP contribution in [0.1, 0.15) is 36.3 Å². The van der Waals surface area contributed by atoms with E-state index in [4.69, 9.17) is 0 Å². The molecule has 0 aliphatic rings. The van der Waals surface area contributed by atoms with Gasteiger partial charge in [-0.25, -0.2) is 4.98 Å². The highest BCUT2D eigenvalue weighted by atomic mass is 19.4. The number of imidazole rings is 1. The average Bonchev–Trinajstić information content (AvgIpc) is 3.03. The molecular formula is C18H16F3N3O. The zero-order chi connectivity index (χ0) is 18.0. The van der Waals surface area contributed by atoms with Gasteiger partial charge in [-0.3, -0.25) is 4.79 Å². The normalized spacial score (nSPS) is 13.0. The molecule has 1 heterocycles. The van der Waals surface area contributed by atoms with Crippen LogP contribution in [0.15, 0.2) is 48.5 Å². The fourth-order valence-electron chi connectivity index (χ4n) is 2.61. The number of fused-ring (bicyclic) bond motifs is 1. The Morgan fingerprint density at radius 1 is 1.16 bits per heavy atom. The molecule has 7 heteroatoms. The van der Waals surface area contributed by atoms with Gasteiger partial charge in [0.15, 0.2) is 0 Å². The molecule has 3 rings (SSSR count). The highest BCUT2D eigenvalue weighted by Gasteiger charge is 2.34. The van der Waals surface area contributed by atoms with Crippen molar-refractivity contribution in [3.63, 3.8) is 0 Å². The van der Waals surface area contributed by atoms with Crippen molar-refractivity contribution in [2.75, 3.05) is 0 Å². The van der Waals surface area contributed by atoms with Crippen LogP contribution in [-0.4, -0.2) is 15.9 Å². The number of nitrogens with one attached hydrogen (secondary N) is 2. The van der Waals surface area contributed by atoms with Gasteiger partial charge in [0, 0.05) is 6.42 Å². The lowest BCUT2D eigenvalue weighted by molar-refractivity contribution is -0.144. The topological polar surface area (TPSA) is 57.8 Å². The maximum absolute atomic E-state index is 12.8. The first kappa shape index (κ1) is 17.0. The van der Waals surface area contributed by atoms with E-state index in [1.165, 1.54) is 6.07 Å². The number of rotatable bonds is 4. The molecule has 0 saturated heterocycles. The van der Waals surface area contributed by atoms with Gasteiger partial charge >= 0.3 is 6.18 Å². The molecule has 0 fully saturated rings. The molecule has 0 radical (unpaired) electrons. The summed E-state index contributed by atoms with van der Waals surface area (Å²) in [5.74, 6) is -1.18. The minimum Gasteiger partial charge on any atom is -0.345 e. The average molecular weight is 347 g/mol. The van der Waals surface area contributed by atoms with Crippen molar-refractivity contribution in [2.24, 2.45) is 0 Å². The Bertz CT molecular complexity index is 887. The first-order chi connectivity index (χ1) is 11.9. The third kappa shape index (κ3) is 3.65. The van der Waals surface area contributed by atoms with Gasteiger partial charge in [-0.05, 0) is 23.3 Å². The highest BCUT2D eigenvalue weighted by molar-refractivity contribution is 5.78. The second-order valence-electron chi connectivity index (χ2n) is 5.62. The maximum Gasteiger partial charge on any atom is 0.449 e. The summed E-state index contributed by atoms with van der Waals surface area (Å²) in [6, 6.07) is 13.6. The highest BCUT2D eigenvalue weighted by Crippen LogP contribution is 2.30. The number of halogens is 3. The largest absolute Gasteiger partial charge is 0.449 e. The molecule has 0 saturated carbocycles. The molecule has 1 amide bonds. The minimum atomic E-state index is -4.53. The molecule has 4 nitrogen and oxygen atoms in total. The van der Waals surface area contributed by atoms with Crippen molar-refractivity contribution in [3.8, 4) is 0 Å². The number of carbonyl (C=O) groups excluding carboxylic acids is 1.